The van der Waals surface area contributed by atoms with E-state index in [1.54, 1.807) is 48.5 Å². The Balaban J connectivity index is 1.36. The van der Waals surface area contributed by atoms with E-state index in [0.717, 1.165) is 33.1 Å². The molecule has 6 nitrogen and oxygen atoms in total. The van der Waals surface area contributed by atoms with Crippen molar-refractivity contribution in [3.8, 4) is 11.5 Å². The third-order valence-corrected chi connectivity index (χ3v) is 6.64. The summed E-state index contributed by atoms with van der Waals surface area (Å²) in [5.74, 6) is 0.301. The number of hydrogen-bond acceptors (Lipinski definition) is 6. The molecule has 0 N–H and O–H groups in total. The SMILES string of the molecule is Cc1ccc(C)c(OCCN2C(=O)S/C(=C\c3ccc(OC(=O)c4cccc(Br)c4)cc3)C2=O)c1. The van der Waals surface area contributed by atoms with Gasteiger partial charge in [0.1, 0.15) is 18.1 Å². The zero-order valence-electron chi connectivity index (χ0n) is 19.1. The highest BCUT2D eigenvalue weighted by molar-refractivity contribution is 9.10. The summed E-state index contributed by atoms with van der Waals surface area (Å²) in [5, 5.41) is -0.328. The molecular weight excluding hydrogens is 530 g/mol. The average Bonchev–Trinajstić information content (AvgIpc) is 3.09. The molecule has 0 aromatic heterocycles. The number of carbonyl (C=O) groups excluding carboxylic acids is 3. The van der Waals surface area contributed by atoms with Crippen LogP contribution in [0.4, 0.5) is 4.79 Å². The molecule has 1 saturated heterocycles. The number of nitrogens with zero attached hydrogens (tertiary/aromatic N) is 1. The first-order valence-electron chi connectivity index (χ1n) is 10.8. The van der Waals surface area contributed by atoms with E-state index >= 15 is 0 Å². The Morgan fingerprint density at radius 1 is 1.03 bits per heavy atom. The van der Waals surface area contributed by atoms with Crippen molar-refractivity contribution in [3.05, 3.63) is 98.4 Å². The van der Waals surface area contributed by atoms with E-state index in [4.69, 9.17) is 9.47 Å². The van der Waals surface area contributed by atoms with Crippen molar-refractivity contribution in [1.29, 1.82) is 0 Å². The summed E-state index contributed by atoms with van der Waals surface area (Å²) in [4.78, 5) is 39.0. The molecule has 0 atom stereocenters. The minimum absolute atomic E-state index is 0.167. The molecule has 4 rings (SSSR count). The normalized spacial score (nSPS) is 14.5. The van der Waals surface area contributed by atoms with Crippen LogP contribution in [0.2, 0.25) is 0 Å². The number of imide groups is 1. The van der Waals surface area contributed by atoms with E-state index < -0.39 is 5.97 Å². The highest BCUT2D eigenvalue weighted by Crippen LogP contribution is 2.32. The number of esters is 1. The summed E-state index contributed by atoms with van der Waals surface area (Å²) in [5.41, 5.74) is 3.21. The number of thioether (sulfide) groups is 1. The van der Waals surface area contributed by atoms with Crippen molar-refractivity contribution in [3.63, 3.8) is 0 Å². The second-order valence-electron chi connectivity index (χ2n) is 7.92. The molecule has 0 unspecified atom stereocenters. The van der Waals surface area contributed by atoms with Crippen LogP contribution in [0.15, 0.2) is 76.1 Å². The molecule has 1 fully saturated rings. The van der Waals surface area contributed by atoms with E-state index in [0.29, 0.717) is 21.8 Å². The Morgan fingerprint density at radius 2 is 1.80 bits per heavy atom. The Labute approximate surface area is 216 Å². The lowest BCUT2D eigenvalue weighted by Gasteiger charge is -2.14. The molecule has 1 aliphatic rings. The zero-order chi connectivity index (χ0) is 24.9. The summed E-state index contributed by atoms with van der Waals surface area (Å²) in [7, 11) is 0. The van der Waals surface area contributed by atoms with Gasteiger partial charge in [0, 0.05) is 4.47 Å². The van der Waals surface area contributed by atoms with Crippen LogP contribution in [0.3, 0.4) is 0 Å². The number of rotatable bonds is 7. The number of ether oxygens (including phenoxy) is 2. The summed E-state index contributed by atoms with van der Waals surface area (Å²) in [6, 6.07) is 19.6. The Hall–Kier alpha value is -3.36. The summed E-state index contributed by atoms with van der Waals surface area (Å²) >= 11 is 4.23. The van der Waals surface area contributed by atoms with Gasteiger partial charge in [0.15, 0.2) is 0 Å². The van der Waals surface area contributed by atoms with Gasteiger partial charge in [-0.25, -0.2) is 4.79 Å². The lowest BCUT2D eigenvalue weighted by atomic mass is 10.1. The Morgan fingerprint density at radius 3 is 2.54 bits per heavy atom. The van der Waals surface area contributed by atoms with Gasteiger partial charge >= 0.3 is 5.97 Å². The van der Waals surface area contributed by atoms with E-state index in [1.807, 2.05) is 38.1 Å². The fourth-order valence-electron chi connectivity index (χ4n) is 3.37. The van der Waals surface area contributed by atoms with Crippen molar-refractivity contribution in [2.45, 2.75) is 13.8 Å². The number of hydrogen-bond donors (Lipinski definition) is 0. The van der Waals surface area contributed by atoms with E-state index in [9.17, 15) is 14.4 Å². The molecule has 3 aromatic carbocycles. The maximum absolute atomic E-state index is 12.8. The molecule has 0 saturated carbocycles. The number of carbonyl (C=O) groups is 3. The molecule has 0 bridgehead atoms. The maximum atomic E-state index is 12.8. The second kappa shape index (κ2) is 10.9. The fraction of sp³-hybridized carbons (Fsp3) is 0.148. The number of amides is 2. The molecule has 0 aliphatic carbocycles. The number of halogens is 1. The quantitative estimate of drug-likeness (QED) is 0.192. The largest absolute Gasteiger partial charge is 0.491 e. The van der Waals surface area contributed by atoms with Gasteiger partial charge in [0.2, 0.25) is 0 Å². The predicted molar refractivity (Wildman–Crippen MR) is 140 cm³/mol. The topological polar surface area (TPSA) is 72.9 Å². The first-order valence-corrected chi connectivity index (χ1v) is 12.4. The molecule has 1 aliphatic heterocycles. The van der Waals surface area contributed by atoms with Crippen molar-refractivity contribution < 1.29 is 23.9 Å². The van der Waals surface area contributed by atoms with E-state index in [2.05, 4.69) is 15.9 Å². The van der Waals surface area contributed by atoms with Crippen LogP contribution in [0.5, 0.6) is 11.5 Å². The summed E-state index contributed by atoms with van der Waals surface area (Å²) in [6.45, 7) is 4.31. The average molecular weight is 552 g/mol. The summed E-state index contributed by atoms with van der Waals surface area (Å²) < 4.78 is 12.0. The third-order valence-electron chi connectivity index (χ3n) is 5.24. The van der Waals surface area contributed by atoms with Crippen LogP contribution in [0.25, 0.3) is 6.08 Å². The first kappa shape index (κ1) is 24.8. The molecule has 0 spiro atoms. The third kappa shape index (κ3) is 6.21. The first-order chi connectivity index (χ1) is 16.8. The van der Waals surface area contributed by atoms with Gasteiger partial charge in [-0.15, -0.1) is 0 Å². The van der Waals surface area contributed by atoms with E-state index in [-0.39, 0.29) is 24.3 Å². The monoisotopic (exact) mass is 551 g/mol. The van der Waals surface area contributed by atoms with Gasteiger partial charge in [-0.05, 0) is 84.8 Å². The van der Waals surface area contributed by atoms with Crippen molar-refractivity contribution in [2.75, 3.05) is 13.2 Å². The summed E-state index contributed by atoms with van der Waals surface area (Å²) in [6.07, 6.45) is 1.65. The van der Waals surface area contributed by atoms with Gasteiger partial charge in [-0.1, -0.05) is 46.3 Å². The number of benzene rings is 3. The molecule has 2 amide bonds. The van der Waals surface area contributed by atoms with Gasteiger partial charge in [-0.2, -0.15) is 0 Å². The van der Waals surface area contributed by atoms with Crippen LogP contribution in [0.1, 0.15) is 27.0 Å². The molecule has 8 heteroatoms. The van der Waals surface area contributed by atoms with Crippen molar-refractivity contribution >= 4 is 50.9 Å². The molecule has 178 valence electrons. The predicted octanol–water partition coefficient (Wildman–Crippen LogP) is 6.40. The molecule has 3 aromatic rings. The lowest BCUT2D eigenvalue weighted by molar-refractivity contribution is -0.123. The molecule has 35 heavy (non-hydrogen) atoms. The van der Waals surface area contributed by atoms with Crippen molar-refractivity contribution in [1.82, 2.24) is 4.90 Å². The minimum Gasteiger partial charge on any atom is -0.491 e. The maximum Gasteiger partial charge on any atom is 0.343 e. The zero-order valence-corrected chi connectivity index (χ0v) is 21.5. The fourth-order valence-corrected chi connectivity index (χ4v) is 4.63. The van der Waals surface area contributed by atoms with Crippen LogP contribution in [-0.4, -0.2) is 35.2 Å². The van der Waals surface area contributed by atoms with Gasteiger partial charge in [0.25, 0.3) is 11.1 Å². The Kier molecular flexibility index (Phi) is 7.73. The van der Waals surface area contributed by atoms with Gasteiger partial charge in [0.05, 0.1) is 17.0 Å². The van der Waals surface area contributed by atoms with Crippen LogP contribution in [-0.2, 0) is 4.79 Å². The van der Waals surface area contributed by atoms with Gasteiger partial charge in [-0.3, -0.25) is 14.5 Å². The highest BCUT2D eigenvalue weighted by atomic mass is 79.9. The molecule has 0 radical (unpaired) electrons. The smallest absolute Gasteiger partial charge is 0.343 e. The second-order valence-corrected chi connectivity index (χ2v) is 9.83. The van der Waals surface area contributed by atoms with Crippen LogP contribution in [0, 0.1) is 13.8 Å². The lowest BCUT2D eigenvalue weighted by Crippen LogP contribution is -2.32. The van der Waals surface area contributed by atoms with Crippen LogP contribution >= 0.6 is 27.7 Å². The van der Waals surface area contributed by atoms with E-state index in [1.165, 1.54) is 4.90 Å². The number of aryl methyl sites for hydroxylation is 2. The Bertz CT molecular complexity index is 1320. The van der Waals surface area contributed by atoms with Crippen LogP contribution < -0.4 is 9.47 Å². The van der Waals surface area contributed by atoms with Gasteiger partial charge < -0.3 is 9.47 Å². The molecule has 1 heterocycles. The van der Waals surface area contributed by atoms with Crippen molar-refractivity contribution in [2.24, 2.45) is 0 Å². The minimum atomic E-state index is -0.469. The highest BCUT2D eigenvalue weighted by Gasteiger charge is 2.34. The standard InChI is InChI=1S/C27H22BrNO5S/c1-17-6-7-18(2)23(14-17)33-13-12-29-25(30)24(35-27(29)32)15-19-8-10-22(11-9-19)34-26(31)20-4-3-5-21(28)16-20/h3-11,14-16H,12-13H2,1-2H3/b24-15-. The molecular formula is C27H22BrNO5S.